The molecule has 0 saturated carbocycles. The molecule has 0 fully saturated rings. The number of benzene rings is 2. The normalized spacial score (nSPS) is 11.0. The van der Waals surface area contributed by atoms with Crippen LogP contribution in [-0.4, -0.2) is 49.2 Å². The SMILES string of the molecule is CC.CNC(=O)c1nc2cc(C)c(OCCOC)cc2n(CCCc2ccccc2)c1=NC=O. The fourth-order valence-electron chi connectivity index (χ4n) is 3.53. The molecular weight excluding hydrogens is 432 g/mol. The van der Waals surface area contributed by atoms with Crippen molar-refractivity contribution in [1.82, 2.24) is 14.9 Å². The third kappa shape index (κ3) is 6.74. The van der Waals surface area contributed by atoms with Crippen molar-refractivity contribution >= 4 is 23.4 Å². The lowest BCUT2D eigenvalue weighted by Crippen LogP contribution is -2.34. The summed E-state index contributed by atoms with van der Waals surface area (Å²) in [4.78, 5) is 32.4. The Morgan fingerprint density at radius 3 is 2.56 bits per heavy atom. The van der Waals surface area contributed by atoms with Crippen molar-refractivity contribution in [3.8, 4) is 5.75 Å². The van der Waals surface area contributed by atoms with Crippen LogP contribution >= 0.6 is 0 Å². The smallest absolute Gasteiger partial charge is 0.273 e. The summed E-state index contributed by atoms with van der Waals surface area (Å²) in [6, 6.07) is 13.9. The molecule has 0 atom stereocenters. The molecule has 8 heteroatoms. The quantitative estimate of drug-likeness (QED) is 0.365. The fourth-order valence-corrected chi connectivity index (χ4v) is 3.53. The zero-order valence-corrected chi connectivity index (χ0v) is 20.6. The van der Waals surface area contributed by atoms with Crippen molar-refractivity contribution in [2.75, 3.05) is 27.4 Å². The monoisotopic (exact) mass is 466 g/mol. The molecule has 34 heavy (non-hydrogen) atoms. The Morgan fingerprint density at radius 2 is 1.91 bits per heavy atom. The van der Waals surface area contributed by atoms with Crippen LogP contribution in [0.5, 0.6) is 5.75 Å². The second-order valence-electron chi connectivity index (χ2n) is 7.29. The second-order valence-corrected chi connectivity index (χ2v) is 7.29. The summed E-state index contributed by atoms with van der Waals surface area (Å²) < 4.78 is 12.8. The van der Waals surface area contributed by atoms with Gasteiger partial charge in [0.15, 0.2) is 11.2 Å². The average Bonchev–Trinajstić information content (AvgIpc) is 2.87. The van der Waals surface area contributed by atoms with Crippen LogP contribution < -0.4 is 15.5 Å². The zero-order chi connectivity index (χ0) is 24.9. The molecule has 0 unspecified atom stereocenters. The van der Waals surface area contributed by atoms with Gasteiger partial charge < -0.3 is 19.4 Å². The highest BCUT2D eigenvalue weighted by Gasteiger charge is 2.17. The van der Waals surface area contributed by atoms with Gasteiger partial charge in [0, 0.05) is 26.8 Å². The van der Waals surface area contributed by atoms with E-state index in [9.17, 15) is 9.59 Å². The predicted octanol–water partition coefficient (Wildman–Crippen LogP) is 3.45. The third-order valence-corrected chi connectivity index (χ3v) is 5.11. The van der Waals surface area contributed by atoms with E-state index >= 15 is 0 Å². The molecule has 3 rings (SSSR count). The number of rotatable bonds is 10. The maximum absolute atomic E-state index is 12.5. The third-order valence-electron chi connectivity index (χ3n) is 5.11. The molecule has 0 aliphatic carbocycles. The molecule has 2 aromatic carbocycles. The molecule has 2 amide bonds. The van der Waals surface area contributed by atoms with E-state index in [1.54, 1.807) is 7.11 Å². The highest BCUT2D eigenvalue weighted by molar-refractivity contribution is 5.94. The lowest BCUT2D eigenvalue weighted by Gasteiger charge is -2.17. The number of nitrogens with one attached hydrogen (secondary N) is 1. The predicted molar refractivity (Wildman–Crippen MR) is 133 cm³/mol. The molecule has 3 aromatic rings. The van der Waals surface area contributed by atoms with Crippen LogP contribution in [0.15, 0.2) is 47.5 Å². The minimum Gasteiger partial charge on any atom is -0.491 e. The van der Waals surface area contributed by atoms with Crippen molar-refractivity contribution in [2.45, 2.75) is 40.2 Å². The molecular formula is C26H34N4O4. The number of hydrogen-bond acceptors (Lipinski definition) is 5. The van der Waals surface area contributed by atoms with E-state index in [0.29, 0.717) is 37.4 Å². The summed E-state index contributed by atoms with van der Waals surface area (Å²) in [5, 5.41) is 2.58. The van der Waals surface area contributed by atoms with E-state index in [1.165, 1.54) is 12.6 Å². The summed E-state index contributed by atoms with van der Waals surface area (Å²) in [5.74, 6) is 0.292. The molecule has 0 aliphatic heterocycles. The lowest BCUT2D eigenvalue weighted by atomic mass is 10.1. The summed E-state index contributed by atoms with van der Waals surface area (Å²) in [6.07, 6.45) is 2.07. The molecule has 0 bridgehead atoms. The van der Waals surface area contributed by atoms with Gasteiger partial charge in [-0.25, -0.2) is 4.98 Å². The number of aryl methyl sites for hydroxylation is 3. The van der Waals surface area contributed by atoms with E-state index < -0.39 is 5.91 Å². The largest absolute Gasteiger partial charge is 0.491 e. The number of amides is 2. The van der Waals surface area contributed by atoms with E-state index in [2.05, 4.69) is 27.4 Å². The minimum atomic E-state index is -0.401. The number of nitrogens with zero attached hydrogens (tertiary/aromatic N) is 3. The van der Waals surface area contributed by atoms with Crippen molar-refractivity contribution in [3.05, 3.63) is 64.8 Å². The maximum atomic E-state index is 12.5. The van der Waals surface area contributed by atoms with E-state index in [0.717, 1.165) is 23.9 Å². The Labute approximate surface area is 200 Å². The summed E-state index contributed by atoms with van der Waals surface area (Å²) in [5.41, 5.74) is 3.81. The Hall–Kier alpha value is -3.52. The van der Waals surface area contributed by atoms with E-state index in [-0.39, 0.29) is 11.2 Å². The van der Waals surface area contributed by atoms with Gasteiger partial charge in [-0.1, -0.05) is 44.2 Å². The molecule has 1 N–H and O–H groups in total. The minimum absolute atomic E-state index is 0.110. The number of aromatic nitrogens is 2. The van der Waals surface area contributed by atoms with Gasteiger partial charge in [-0.15, -0.1) is 0 Å². The number of carbonyl (C=O) groups is 2. The van der Waals surface area contributed by atoms with Gasteiger partial charge >= 0.3 is 0 Å². The van der Waals surface area contributed by atoms with Gasteiger partial charge in [0.2, 0.25) is 6.41 Å². The topological polar surface area (TPSA) is 94.8 Å². The molecule has 0 saturated heterocycles. The van der Waals surface area contributed by atoms with Gasteiger partial charge in [0.25, 0.3) is 5.91 Å². The van der Waals surface area contributed by atoms with Crippen molar-refractivity contribution < 1.29 is 19.1 Å². The highest BCUT2D eigenvalue weighted by Crippen LogP contribution is 2.24. The Bertz CT molecular complexity index is 1160. The number of methoxy groups -OCH3 is 1. The molecule has 0 spiro atoms. The second kappa shape index (κ2) is 13.9. The van der Waals surface area contributed by atoms with E-state index in [4.69, 9.17) is 9.47 Å². The van der Waals surface area contributed by atoms with Gasteiger partial charge in [-0.05, 0) is 37.0 Å². The van der Waals surface area contributed by atoms with Gasteiger partial charge in [-0.2, -0.15) is 4.99 Å². The Balaban J connectivity index is 0.00000199. The van der Waals surface area contributed by atoms with Crippen LogP contribution in [0.25, 0.3) is 11.0 Å². The molecule has 1 aromatic heterocycles. The molecule has 0 aliphatic rings. The summed E-state index contributed by atoms with van der Waals surface area (Å²) in [6.45, 7) is 7.34. The first kappa shape index (κ1) is 26.7. The number of ether oxygens (including phenoxy) is 2. The first-order chi connectivity index (χ1) is 16.6. The van der Waals surface area contributed by atoms with E-state index in [1.807, 2.05) is 55.7 Å². The van der Waals surface area contributed by atoms with Crippen molar-refractivity contribution in [1.29, 1.82) is 0 Å². The summed E-state index contributed by atoms with van der Waals surface area (Å²) >= 11 is 0. The fraction of sp³-hybridized carbons (Fsp3) is 0.385. The zero-order valence-electron chi connectivity index (χ0n) is 20.6. The average molecular weight is 467 g/mol. The number of hydrogen-bond donors (Lipinski definition) is 1. The van der Waals surface area contributed by atoms with Crippen LogP contribution in [0.1, 0.15) is 41.9 Å². The van der Waals surface area contributed by atoms with Crippen molar-refractivity contribution in [3.63, 3.8) is 0 Å². The summed E-state index contributed by atoms with van der Waals surface area (Å²) in [7, 11) is 3.14. The van der Waals surface area contributed by atoms with Crippen LogP contribution in [-0.2, 0) is 22.5 Å². The molecule has 8 nitrogen and oxygen atoms in total. The van der Waals surface area contributed by atoms with Crippen LogP contribution in [0.4, 0.5) is 0 Å². The Morgan fingerprint density at radius 1 is 1.18 bits per heavy atom. The standard InChI is InChI=1S/C24H28N4O4.C2H6/c1-17-14-19-20(15-21(17)32-13-12-31-3)28(11-7-10-18-8-5-4-6-9-18)23(26-16-29)22(27-19)24(30)25-2;1-2/h4-6,8-9,14-16H,7,10-13H2,1-3H3,(H,25,30);1-2H3. The number of fused-ring (bicyclic) bond motifs is 1. The molecule has 1 heterocycles. The maximum Gasteiger partial charge on any atom is 0.273 e. The molecule has 0 radical (unpaired) electrons. The van der Waals surface area contributed by atoms with Gasteiger partial charge in [-0.3, -0.25) is 9.59 Å². The van der Waals surface area contributed by atoms with Crippen LogP contribution in [0.3, 0.4) is 0 Å². The highest BCUT2D eigenvalue weighted by atomic mass is 16.5. The Kier molecular flexibility index (Phi) is 10.9. The number of carbonyl (C=O) groups excluding carboxylic acids is 2. The molecule has 182 valence electrons. The van der Waals surface area contributed by atoms with Gasteiger partial charge in [0.05, 0.1) is 17.6 Å². The van der Waals surface area contributed by atoms with Crippen molar-refractivity contribution in [2.24, 2.45) is 4.99 Å². The van der Waals surface area contributed by atoms with Crippen LogP contribution in [0, 0.1) is 6.92 Å². The first-order valence-corrected chi connectivity index (χ1v) is 11.5. The lowest BCUT2D eigenvalue weighted by molar-refractivity contribution is -0.107. The first-order valence-electron chi connectivity index (χ1n) is 11.5. The van der Waals surface area contributed by atoms with Crippen LogP contribution in [0.2, 0.25) is 0 Å². The van der Waals surface area contributed by atoms with Gasteiger partial charge in [0.1, 0.15) is 12.4 Å².